The first kappa shape index (κ1) is 11.1. The van der Waals surface area contributed by atoms with Crippen molar-refractivity contribution in [2.75, 3.05) is 0 Å². The van der Waals surface area contributed by atoms with E-state index >= 15 is 0 Å². The predicted octanol–water partition coefficient (Wildman–Crippen LogP) is 1.50. The van der Waals surface area contributed by atoms with Gasteiger partial charge in [0.2, 0.25) is 0 Å². The van der Waals surface area contributed by atoms with Gasteiger partial charge in [0.15, 0.2) is 0 Å². The first-order chi connectivity index (χ1) is 6.61. The van der Waals surface area contributed by atoms with Crippen LogP contribution in [0, 0.1) is 0 Å². The summed E-state index contributed by atoms with van der Waals surface area (Å²) < 4.78 is 0. The second-order valence-electron chi connectivity index (χ2n) is 3.67. The normalized spacial score (nSPS) is 17.4. The number of hydrogen-bond donors (Lipinski definition) is 2. The molecule has 0 aliphatic carbocycles. The minimum Gasteiger partial charge on any atom is -0.392 e. The van der Waals surface area contributed by atoms with Crippen LogP contribution < -0.4 is 5.32 Å². The molecule has 0 radical (unpaired) electrons. The van der Waals surface area contributed by atoms with E-state index in [9.17, 15) is 5.11 Å². The van der Waals surface area contributed by atoms with Gasteiger partial charge in [-0.3, -0.25) is 4.98 Å². The molecule has 0 amide bonds. The summed E-state index contributed by atoms with van der Waals surface area (Å²) >= 11 is 0. The van der Waals surface area contributed by atoms with Crippen molar-refractivity contribution >= 4 is 0 Å². The molecule has 3 heteroatoms. The maximum Gasteiger partial charge on any atom is 0.0662 e. The molecule has 0 saturated heterocycles. The van der Waals surface area contributed by atoms with E-state index in [-0.39, 0.29) is 18.2 Å². The van der Waals surface area contributed by atoms with Crippen LogP contribution in [0.3, 0.4) is 0 Å². The lowest BCUT2D eigenvalue weighted by Gasteiger charge is -2.21. The Bertz CT molecular complexity index is 261. The number of rotatable bonds is 4. The maximum atomic E-state index is 9.33. The summed E-state index contributed by atoms with van der Waals surface area (Å²) in [4.78, 5) is 4.25. The van der Waals surface area contributed by atoms with E-state index in [1.54, 1.807) is 13.1 Å². The van der Waals surface area contributed by atoms with E-state index in [2.05, 4.69) is 10.3 Å². The highest BCUT2D eigenvalue weighted by Gasteiger charge is 2.13. The third-order valence-corrected chi connectivity index (χ3v) is 2.37. The molecule has 1 aromatic heterocycles. The van der Waals surface area contributed by atoms with Crippen molar-refractivity contribution in [2.45, 2.75) is 39.0 Å². The molecule has 1 rings (SSSR count). The van der Waals surface area contributed by atoms with Crippen LogP contribution in [0.15, 0.2) is 24.4 Å². The Labute approximate surface area is 85.2 Å². The lowest BCUT2D eigenvalue weighted by molar-refractivity contribution is 0.147. The summed E-state index contributed by atoms with van der Waals surface area (Å²) in [5.74, 6) is 0. The second kappa shape index (κ2) is 5.08. The largest absolute Gasteiger partial charge is 0.392 e. The highest BCUT2D eigenvalue weighted by molar-refractivity contribution is 5.07. The Morgan fingerprint density at radius 1 is 1.29 bits per heavy atom. The minimum atomic E-state index is -0.346. The molecule has 2 unspecified atom stereocenters. The van der Waals surface area contributed by atoms with Gasteiger partial charge in [-0.15, -0.1) is 0 Å². The molecule has 0 fully saturated rings. The average Bonchev–Trinajstić information content (AvgIpc) is 2.19. The van der Waals surface area contributed by atoms with Crippen LogP contribution in [0.1, 0.15) is 32.5 Å². The molecule has 0 aliphatic heterocycles. The maximum absolute atomic E-state index is 9.33. The van der Waals surface area contributed by atoms with E-state index in [1.807, 2.05) is 32.0 Å². The molecule has 2 N–H and O–H groups in total. The standard InChI is InChI=1S/C11H18N2O/c1-8(10(3)14)13-9(2)11-6-4-5-7-12-11/h4-10,13-14H,1-3H3/t8?,9-,10?/m1/s1. The third-order valence-electron chi connectivity index (χ3n) is 2.37. The van der Waals surface area contributed by atoms with Gasteiger partial charge < -0.3 is 10.4 Å². The molecule has 1 heterocycles. The van der Waals surface area contributed by atoms with Crippen LogP contribution in [0.2, 0.25) is 0 Å². The summed E-state index contributed by atoms with van der Waals surface area (Å²) in [7, 11) is 0. The molecule has 0 aliphatic rings. The van der Waals surface area contributed by atoms with Crippen molar-refractivity contribution in [1.82, 2.24) is 10.3 Å². The van der Waals surface area contributed by atoms with Crippen LogP contribution in [0.5, 0.6) is 0 Å². The van der Waals surface area contributed by atoms with Crippen LogP contribution in [0.4, 0.5) is 0 Å². The van der Waals surface area contributed by atoms with Gasteiger partial charge in [-0.05, 0) is 32.9 Å². The fourth-order valence-corrected chi connectivity index (χ4v) is 1.25. The number of nitrogens with zero attached hydrogens (tertiary/aromatic N) is 1. The summed E-state index contributed by atoms with van der Waals surface area (Å²) in [5, 5.41) is 12.6. The third kappa shape index (κ3) is 3.09. The average molecular weight is 194 g/mol. The molecule has 3 atom stereocenters. The van der Waals surface area contributed by atoms with Crippen molar-refractivity contribution < 1.29 is 5.11 Å². The van der Waals surface area contributed by atoms with Gasteiger partial charge in [0.05, 0.1) is 11.8 Å². The number of pyridine rings is 1. The molecule has 14 heavy (non-hydrogen) atoms. The molecule has 0 bridgehead atoms. The highest BCUT2D eigenvalue weighted by Crippen LogP contribution is 2.09. The van der Waals surface area contributed by atoms with Crippen molar-refractivity contribution in [1.29, 1.82) is 0 Å². The van der Waals surface area contributed by atoms with E-state index in [4.69, 9.17) is 0 Å². The fourth-order valence-electron chi connectivity index (χ4n) is 1.25. The summed E-state index contributed by atoms with van der Waals surface area (Å²) in [6.45, 7) is 5.79. The lowest BCUT2D eigenvalue weighted by atomic mass is 10.1. The van der Waals surface area contributed by atoms with Gasteiger partial charge in [0, 0.05) is 18.3 Å². The summed E-state index contributed by atoms with van der Waals surface area (Å²) in [6.07, 6.45) is 1.43. The SMILES string of the molecule is CC(O)C(C)N[C@H](C)c1ccccn1. The molecule has 0 spiro atoms. The van der Waals surface area contributed by atoms with Crippen molar-refractivity contribution in [3.8, 4) is 0 Å². The quantitative estimate of drug-likeness (QED) is 0.763. The number of aliphatic hydroxyl groups excluding tert-OH is 1. The van der Waals surface area contributed by atoms with E-state index < -0.39 is 0 Å². The smallest absolute Gasteiger partial charge is 0.0662 e. The number of aliphatic hydroxyl groups is 1. The molecule has 3 nitrogen and oxygen atoms in total. The van der Waals surface area contributed by atoms with Crippen LogP contribution in [0.25, 0.3) is 0 Å². The zero-order valence-corrected chi connectivity index (χ0v) is 8.94. The van der Waals surface area contributed by atoms with E-state index in [1.165, 1.54) is 0 Å². The molecular formula is C11H18N2O. The Hall–Kier alpha value is -0.930. The fraction of sp³-hybridized carbons (Fsp3) is 0.545. The second-order valence-corrected chi connectivity index (χ2v) is 3.67. The van der Waals surface area contributed by atoms with Crippen LogP contribution >= 0.6 is 0 Å². The van der Waals surface area contributed by atoms with E-state index in [0.29, 0.717) is 0 Å². The number of hydrogen-bond acceptors (Lipinski definition) is 3. The molecule has 1 aromatic rings. The monoisotopic (exact) mass is 194 g/mol. The predicted molar refractivity (Wildman–Crippen MR) is 56.9 cm³/mol. The number of nitrogens with one attached hydrogen (secondary N) is 1. The molecule has 78 valence electrons. The molecule has 0 saturated carbocycles. The van der Waals surface area contributed by atoms with Crippen LogP contribution in [-0.2, 0) is 0 Å². The molecular weight excluding hydrogens is 176 g/mol. The highest BCUT2D eigenvalue weighted by atomic mass is 16.3. The Balaban J connectivity index is 2.55. The zero-order chi connectivity index (χ0) is 10.6. The van der Waals surface area contributed by atoms with Gasteiger partial charge >= 0.3 is 0 Å². The number of aromatic nitrogens is 1. The first-order valence-corrected chi connectivity index (χ1v) is 4.96. The Morgan fingerprint density at radius 2 is 2.00 bits per heavy atom. The first-order valence-electron chi connectivity index (χ1n) is 4.96. The zero-order valence-electron chi connectivity index (χ0n) is 8.94. The van der Waals surface area contributed by atoms with Crippen molar-refractivity contribution in [2.24, 2.45) is 0 Å². The minimum absolute atomic E-state index is 0.0759. The van der Waals surface area contributed by atoms with Gasteiger partial charge in [0.1, 0.15) is 0 Å². The van der Waals surface area contributed by atoms with Gasteiger partial charge in [-0.1, -0.05) is 6.07 Å². The Kier molecular flexibility index (Phi) is 4.04. The topological polar surface area (TPSA) is 45.1 Å². The van der Waals surface area contributed by atoms with Gasteiger partial charge in [-0.2, -0.15) is 0 Å². The van der Waals surface area contributed by atoms with E-state index in [0.717, 1.165) is 5.69 Å². The lowest BCUT2D eigenvalue weighted by Crippen LogP contribution is -2.37. The summed E-state index contributed by atoms with van der Waals surface area (Å²) in [6, 6.07) is 6.08. The van der Waals surface area contributed by atoms with Gasteiger partial charge in [0.25, 0.3) is 0 Å². The van der Waals surface area contributed by atoms with Crippen molar-refractivity contribution in [3.63, 3.8) is 0 Å². The van der Waals surface area contributed by atoms with Crippen molar-refractivity contribution in [3.05, 3.63) is 30.1 Å². The summed E-state index contributed by atoms with van der Waals surface area (Å²) in [5.41, 5.74) is 1.00. The molecule has 0 aromatic carbocycles. The van der Waals surface area contributed by atoms with Gasteiger partial charge in [-0.25, -0.2) is 0 Å². The Morgan fingerprint density at radius 3 is 2.50 bits per heavy atom. The van der Waals surface area contributed by atoms with Crippen LogP contribution in [-0.4, -0.2) is 22.2 Å².